The third-order valence-electron chi connectivity index (χ3n) is 6.64. The fourth-order valence-electron chi connectivity index (χ4n) is 4.61. The van der Waals surface area contributed by atoms with E-state index in [2.05, 4.69) is 0 Å². The Morgan fingerprint density at radius 3 is 2.46 bits per heavy atom. The van der Waals surface area contributed by atoms with Crippen molar-refractivity contribution in [1.29, 1.82) is 0 Å². The molecule has 2 N–H and O–H groups in total. The van der Waals surface area contributed by atoms with Crippen molar-refractivity contribution in [1.82, 2.24) is 10.4 Å². The molecule has 196 valence electrons. The molecule has 1 aromatic heterocycles. The van der Waals surface area contributed by atoms with E-state index in [4.69, 9.17) is 16.3 Å². The minimum atomic E-state index is -3.94. The van der Waals surface area contributed by atoms with Gasteiger partial charge >= 0.3 is 0 Å². The van der Waals surface area contributed by atoms with Crippen molar-refractivity contribution in [3.8, 4) is 10.4 Å². The number of methoxy groups -OCH3 is 1. The third kappa shape index (κ3) is 5.58. The van der Waals surface area contributed by atoms with Crippen molar-refractivity contribution in [2.45, 2.75) is 23.7 Å². The molecule has 0 unspecified atom stereocenters. The topological polar surface area (TPSA) is 113 Å². The lowest BCUT2D eigenvalue weighted by Crippen LogP contribution is -2.41. The Morgan fingerprint density at radius 2 is 1.81 bits per heavy atom. The van der Waals surface area contributed by atoms with Crippen LogP contribution < -0.4 is 5.48 Å². The molecule has 37 heavy (non-hydrogen) atoms. The van der Waals surface area contributed by atoms with Crippen LogP contribution in [0.25, 0.3) is 10.4 Å². The maximum absolute atomic E-state index is 13.8. The van der Waals surface area contributed by atoms with Crippen LogP contribution in [0.2, 0.25) is 5.02 Å². The average molecular weight is 563 g/mol. The second-order valence-corrected chi connectivity index (χ2v) is 12.7. The lowest BCUT2D eigenvalue weighted by Gasteiger charge is -2.30. The van der Waals surface area contributed by atoms with E-state index in [1.807, 2.05) is 24.3 Å². The van der Waals surface area contributed by atoms with Crippen LogP contribution in [-0.4, -0.2) is 56.3 Å². The van der Waals surface area contributed by atoms with Crippen LogP contribution in [0.3, 0.4) is 0 Å². The Hall–Kier alpha value is -2.76. The number of ether oxygens (including phenoxy) is 1. The molecule has 1 aliphatic heterocycles. The molecule has 4 rings (SSSR count). The largest absolute Gasteiger partial charge is 0.367 e. The number of sulfone groups is 1. The highest BCUT2D eigenvalue weighted by Gasteiger charge is 2.50. The van der Waals surface area contributed by atoms with Gasteiger partial charge in [0.1, 0.15) is 4.75 Å². The molecule has 2 atom stereocenters. The highest BCUT2D eigenvalue weighted by molar-refractivity contribution is 7.92. The number of benzene rings is 2. The molecule has 1 fully saturated rings. The van der Waals surface area contributed by atoms with Gasteiger partial charge in [0.25, 0.3) is 5.91 Å². The summed E-state index contributed by atoms with van der Waals surface area (Å²) in [5, 5.41) is 9.84. The van der Waals surface area contributed by atoms with Crippen LogP contribution in [0.4, 0.5) is 0 Å². The van der Waals surface area contributed by atoms with Gasteiger partial charge in [-0.3, -0.25) is 14.8 Å². The molecule has 0 saturated carbocycles. The Morgan fingerprint density at radius 1 is 1.11 bits per heavy atom. The zero-order valence-electron chi connectivity index (χ0n) is 20.1. The number of halogens is 1. The van der Waals surface area contributed by atoms with Crippen molar-refractivity contribution < 1.29 is 28.0 Å². The first-order valence-corrected chi connectivity index (χ1v) is 14.4. The maximum atomic E-state index is 13.8. The normalized spacial score (nSPS) is 20.1. The van der Waals surface area contributed by atoms with Crippen LogP contribution >= 0.6 is 22.9 Å². The Kier molecular flexibility index (Phi) is 8.35. The van der Waals surface area contributed by atoms with Gasteiger partial charge in [0.05, 0.1) is 12.2 Å². The monoisotopic (exact) mass is 562 g/mol. The third-order valence-corrected chi connectivity index (χ3v) is 10.8. The number of nitrogens with zero attached hydrogens (tertiary/aromatic N) is 1. The molecule has 2 heterocycles. The molecule has 0 spiro atoms. The maximum Gasteiger partial charge on any atom is 0.256 e. The van der Waals surface area contributed by atoms with Gasteiger partial charge in [-0.25, -0.2) is 13.9 Å². The molecular weight excluding hydrogens is 536 g/mol. The molecule has 0 bridgehead atoms. The van der Waals surface area contributed by atoms with E-state index in [1.165, 1.54) is 23.3 Å². The second-order valence-electron chi connectivity index (χ2n) is 8.80. The standard InChI is InChI=1S/C26H27ClN2O6S2/c1-35-24(19-5-3-2-4-6-19)25(31)29-14-13-26(17-23(30)28-32,37(33,34)16-15-29)22-12-11-21(36-22)18-7-9-20(27)10-8-18/h2-12,24,32H,13-17H2,1H3,(H,28,30)/t24-,26+/m1/s1. The van der Waals surface area contributed by atoms with Gasteiger partial charge in [0.15, 0.2) is 15.9 Å². The van der Waals surface area contributed by atoms with Gasteiger partial charge in [-0.2, -0.15) is 0 Å². The number of thiophene rings is 1. The molecule has 3 aromatic rings. The van der Waals surface area contributed by atoms with Crippen LogP contribution in [0.15, 0.2) is 66.7 Å². The number of carbonyl (C=O) groups excluding carboxylic acids is 2. The first kappa shape index (κ1) is 27.3. The van der Waals surface area contributed by atoms with Crippen LogP contribution in [0.5, 0.6) is 0 Å². The van der Waals surface area contributed by atoms with E-state index >= 15 is 0 Å². The van der Waals surface area contributed by atoms with E-state index in [0.29, 0.717) is 15.5 Å². The summed E-state index contributed by atoms with van der Waals surface area (Å²) in [6.45, 7) is 0.0589. The van der Waals surface area contributed by atoms with Crippen molar-refractivity contribution >= 4 is 44.6 Å². The minimum absolute atomic E-state index is 0.0136. The number of hydrogen-bond acceptors (Lipinski definition) is 7. The van der Waals surface area contributed by atoms with Crippen molar-refractivity contribution in [2.75, 3.05) is 26.0 Å². The first-order chi connectivity index (χ1) is 17.7. The number of nitrogens with one attached hydrogen (secondary N) is 1. The fourth-order valence-corrected chi connectivity index (χ4v) is 8.35. The van der Waals surface area contributed by atoms with E-state index in [1.54, 1.807) is 47.9 Å². The van der Waals surface area contributed by atoms with Crippen LogP contribution in [0.1, 0.15) is 29.4 Å². The second kappa shape index (κ2) is 11.3. The number of hydroxylamine groups is 1. The van der Waals surface area contributed by atoms with Gasteiger partial charge in [0, 0.05) is 35.0 Å². The summed E-state index contributed by atoms with van der Waals surface area (Å²) < 4.78 is 31.5. The summed E-state index contributed by atoms with van der Waals surface area (Å²) in [6, 6.07) is 19.7. The van der Waals surface area contributed by atoms with Crippen molar-refractivity contribution in [3.63, 3.8) is 0 Å². The molecule has 11 heteroatoms. The SMILES string of the molecule is CO[C@@H](C(=O)N1CC[C@](CC(=O)NO)(c2ccc(-c3ccc(Cl)cc3)s2)S(=O)(=O)CC1)c1ccccc1. The lowest BCUT2D eigenvalue weighted by atomic mass is 9.97. The summed E-state index contributed by atoms with van der Waals surface area (Å²) in [4.78, 5) is 28.6. The van der Waals surface area contributed by atoms with Crippen LogP contribution in [0, 0.1) is 0 Å². The number of amides is 2. The molecule has 8 nitrogen and oxygen atoms in total. The summed E-state index contributed by atoms with van der Waals surface area (Å²) >= 11 is 7.27. The molecule has 0 radical (unpaired) electrons. The Balaban J connectivity index is 1.70. The van der Waals surface area contributed by atoms with E-state index in [9.17, 15) is 23.2 Å². The molecule has 0 aliphatic carbocycles. The van der Waals surface area contributed by atoms with Gasteiger partial charge in [0.2, 0.25) is 5.91 Å². The Labute approximate surface area is 224 Å². The molecule has 1 saturated heterocycles. The average Bonchev–Trinajstić information content (AvgIpc) is 3.35. The lowest BCUT2D eigenvalue weighted by molar-refractivity contribution is -0.142. The van der Waals surface area contributed by atoms with Gasteiger partial charge in [-0.1, -0.05) is 54.1 Å². The van der Waals surface area contributed by atoms with Crippen LogP contribution in [-0.2, 0) is 28.9 Å². The Bertz CT molecular complexity index is 1360. The van der Waals surface area contributed by atoms with Gasteiger partial charge in [-0.05, 0) is 41.8 Å². The highest BCUT2D eigenvalue weighted by atomic mass is 35.5. The zero-order chi connectivity index (χ0) is 26.6. The van der Waals surface area contributed by atoms with E-state index in [-0.39, 0.29) is 31.2 Å². The molecular formula is C26H27ClN2O6S2. The molecule has 1 aliphatic rings. The predicted molar refractivity (Wildman–Crippen MR) is 142 cm³/mol. The minimum Gasteiger partial charge on any atom is -0.367 e. The number of rotatable bonds is 7. The highest BCUT2D eigenvalue weighted by Crippen LogP contribution is 2.45. The molecule has 2 aromatic carbocycles. The predicted octanol–water partition coefficient (Wildman–Crippen LogP) is 4.19. The summed E-state index contributed by atoms with van der Waals surface area (Å²) in [7, 11) is -2.50. The van der Waals surface area contributed by atoms with E-state index < -0.39 is 33.0 Å². The summed E-state index contributed by atoms with van der Waals surface area (Å²) in [5.74, 6) is -1.50. The number of hydrogen-bond donors (Lipinski definition) is 2. The van der Waals surface area contributed by atoms with Gasteiger partial charge in [-0.15, -0.1) is 11.3 Å². The number of carbonyl (C=O) groups is 2. The smallest absolute Gasteiger partial charge is 0.256 e. The first-order valence-electron chi connectivity index (χ1n) is 11.6. The van der Waals surface area contributed by atoms with Crippen molar-refractivity contribution in [2.24, 2.45) is 0 Å². The zero-order valence-corrected chi connectivity index (χ0v) is 22.5. The van der Waals surface area contributed by atoms with E-state index in [0.717, 1.165) is 10.4 Å². The van der Waals surface area contributed by atoms with Gasteiger partial charge < -0.3 is 9.64 Å². The molecule has 2 amide bonds. The summed E-state index contributed by atoms with van der Waals surface area (Å²) in [6.07, 6.45) is -1.36. The summed E-state index contributed by atoms with van der Waals surface area (Å²) in [5.41, 5.74) is 3.10. The fraction of sp³-hybridized carbons (Fsp3) is 0.308. The quantitative estimate of drug-likeness (QED) is 0.330. The van der Waals surface area contributed by atoms with Crippen molar-refractivity contribution in [3.05, 3.63) is 82.2 Å².